The van der Waals surface area contributed by atoms with Crippen LogP contribution in [0.25, 0.3) is 10.9 Å². The zero-order valence-corrected chi connectivity index (χ0v) is 20.0. The standard InChI is InChI=1S/C25H33N3O.2ClH/c1-26-9-3-4-20-7-8-21-22(5-2-6-23(21)28-20)24(29)27-16-25-13-17-10-18(14-25)12-19(11-17)15-25;;/h2,5-8,17-19,26H,3-4,9-16H2,1H3,(H,27,29);2*1H. The summed E-state index contributed by atoms with van der Waals surface area (Å²) in [5.74, 6) is 2.82. The number of halogens is 2. The summed E-state index contributed by atoms with van der Waals surface area (Å²) in [5.41, 5.74) is 3.16. The Morgan fingerprint density at radius 1 is 1.03 bits per heavy atom. The number of carbonyl (C=O) groups excluding carboxylic acids is 1. The maximum absolute atomic E-state index is 13.1. The quantitative estimate of drug-likeness (QED) is 0.556. The van der Waals surface area contributed by atoms with E-state index in [9.17, 15) is 4.79 Å². The first-order valence-electron chi connectivity index (χ1n) is 11.5. The van der Waals surface area contributed by atoms with Gasteiger partial charge < -0.3 is 10.6 Å². The molecule has 4 fully saturated rings. The highest BCUT2D eigenvalue weighted by Crippen LogP contribution is 2.59. The van der Waals surface area contributed by atoms with Gasteiger partial charge in [0.25, 0.3) is 5.91 Å². The van der Waals surface area contributed by atoms with E-state index in [0.29, 0.717) is 5.41 Å². The fraction of sp³-hybridized carbons (Fsp3) is 0.600. The second-order valence-corrected chi connectivity index (χ2v) is 9.98. The van der Waals surface area contributed by atoms with Crippen molar-refractivity contribution < 1.29 is 4.79 Å². The van der Waals surface area contributed by atoms with E-state index in [2.05, 4.69) is 22.8 Å². The predicted octanol–water partition coefficient (Wildman–Crippen LogP) is 5.18. The van der Waals surface area contributed by atoms with E-state index in [4.69, 9.17) is 4.98 Å². The van der Waals surface area contributed by atoms with Crippen molar-refractivity contribution in [2.45, 2.75) is 51.4 Å². The number of hydrogen-bond donors (Lipinski definition) is 2. The Labute approximate surface area is 198 Å². The van der Waals surface area contributed by atoms with E-state index in [1.165, 1.54) is 38.5 Å². The minimum Gasteiger partial charge on any atom is -0.351 e. The van der Waals surface area contributed by atoms with Gasteiger partial charge in [-0.2, -0.15) is 0 Å². The number of amides is 1. The van der Waals surface area contributed by atoms with Crippen LogP contribution in [0.4, 0.5) is 0 Å². The summed E-state index contributed by atoms with van der Waals surface area (Å²) in [6, 6.07) is 10.1. The molecule has 2 aromatic rings. The van der Waals surface area contributed by atoms with Crippen molar-refractivity contribution in [1.29, 1.82) is 0 Å². The number of aromatic nitrogens is 1. The number of aryl methyl sites for hydroxylation is 1. The van der Waals surface area contributed by atoms with Crippen LogP contribution in [0.1, 0.15) is 61.0 Å². The van der Waals surface area contributed by atoms with E-state index < -0.39 is 0 Å². The lowest BCUT2D eigenvalue weighted by atomic mass is 9.49. The van der Waals surface area contributed by atoms with Crippen LogP contribution in [0.2, 0.25) is 0 Å². The smallest absolute Gasteiger partial charge is 0.251 e. The van der Waals surface area contributed by atoms with Gasteiger partial charge in [-0.15, -0.1) is 24.8 Å². The molecule has 1 amide bonds. The van der Waals surface area contributed by atoms with Crippen LogP contribution in [0, 0.1) is 23.2 Å². The molecule has 1 aromatic carbocycles. The summed E-state index contributed by atoms with van der Waals surface area (Å²) >= 11 is 0. The molecule has 4 bridgehead atoms. The third-order valence-electron chi connectivity index (χ3n) is 7.68. The monoisotopic (exact) mass is 463 g/mol. The maximum atomic E-state index is 13.1. The maximum Gasteiger partial charge on any atom is 0.251 e. The molecule has 0 saturated heterocycles. The van der Waals surface area contributed by atoms with E-state index in [1.807, 2.05) is 25.2 Å². The fourth-order valence-electron chi connectivity index (χ4n) is 6.85. The Kier molecular flexibility index (Phi) is 7.88. The lowest BCUT2D eigenvalue weighted by molar-refractivity contribution is -0.0503. The first kappa shape index (κ1) is 24.3. The summed E-state index contributed by atoms with van der Waals surface area (Å²) < 4.78 is 0. The van der Waals surface area contributed by atoms with Gasteiger partial charge in [-0.1, -0.05) is 12.1 Å². The van der Waals surface area contributed by atoms with Gasteiger partial charge in [-0.05, 0) is 106 Å². The van der Waals surface area contributed by atoms with Crippen LogP contribution in [-0.4, -0.2) is 31.0 Å². The van der Waals surface area contributed by atoms with Crippen LogP contribution >= 0.6 is 24.8 Å². The Bertz CT molecular complexity index is 881. The first-order valence-corrected chi connectivity index (χ1v) is 11.5. The third kappa shape index (κ3) is 5.02. The number of fused-ring (bicyclic) bond motifs is 1. The summed E-state index contributed by atoms with van der Waals surface area (Å²) in [6.07, 6.45) is 10.3. The van der Waals surface area contributed by atoms with Crippen LogP contribution in [0.15, 0.2) is 30.3 Å². The molecule has 4 aliphatic carbocycles. The Balaban J connectivity index is 0.00000136. The molecule has 0 radical (unpaired) electrons. The van der Waals surface area contributed by atoms with Crippen molar-refractivity contribution in [1.82, 2.24) is 15.6 Å². The van der Waals surface area contributed by atoms with Gasteiger partial charge >= 0.3 is 0 Å². The second kappa shape index (κ2) is 10.1. The molecule has 6 rings (SSSR count). The number of nitrogens with one attached hydrogen (secondary N) is 2. The summed E-state index contributed by atoms with van der Waals surface area (Å²) in [7, 11) is 1.97. The summed E-state index contributed by atoms with van der Waals surface area (Å²) in [5, 5.41) is 7.47. The van der Waals surface area contributed by atoms with Gasteiger partial charge in [0.05, 0.1) is 5.52 Å². The second-order valence-electron chi connectivity index (χ2n) is 9.98. The Hall–Kier alpha value is -1.36. The number of pyridine rings is 1. The van der Waals surface area contributed by atoms with Crippen molar-refractivity contribution in [3.8, 4) is 0 Å². The topological polar surface area (TPSA) is 54.0 Å². The lowest BCUT2D eigenvalue weighted by Gasteiger charge is -2.56. The molecule has 0 spiro atoms. The van der Waals surface area contributed by atoms with Gasteiger partial charge in [-0.3, -0.25) is 9.78 Å². The number of hydrogen-bond acceptors (Lipinski definition) is 3. The number of carbonyl (C=O) groups is 1. The molecule has 4 nitrogen and oxygen atoms in total. The van der Waals surface area contributed by atoms with Gasteiger partial charge in [-0.25, -0.2) is 0 Å². The molecule has 0 atom stereocenters. The molecule has 2 N–H and O–H groups in total. The highest BCUT2D eigenvalue weighted by molar-refractivity contribution is 6.06. The summed E-state index contributed by atoms with van der Waals surface area (Å²) in [4.78, 5) is 17.9. The predicted molar refractivity (Wildman–Crippen MR) is 131 cm³/mol. The van der Waals surface area contributed by atoms with E-state index in [0.717, 1.165) is 65.8 Å². The molecule has 0 unspecified atom stereocenters. The zero-order valence-electron chi connectivity index (χ0n) is 18.4. The molecule has 6 heteroatoms. The SMILES string of the molecule is CNCCCc1ccc2c(C(=O)NCC34CC5CC(CC(C5)C3)C4)cccc2n1.Cl.Cl. The van der Waals surface area contributed by atoms with Gasteiger partial charge in [0.15, 0.2) is 0 Å². The average molecular weight is 464 g/mol. The highest BCUT2D eigenvalue weighted by Gasteiger charge is 2.50. The minimum atomic E-state index is 0. The van der Waals surface area contributed by atoms with E-state index in [-0.39, 0.29) is 30.7 Å². The van der Waals surface area contributed by atoms with Crippen LogP contribution < -0.4 is 10.6 Å². The van der Waals surface area contributed by atoms with Crippen molar-refractivity contribution >= 4 is 41.6 Å². The third-order valence-corrected chi connectivity index (χ3v) is 7.68. The van der Waals surface area contributed by atoms with Crippen molar-refractivity contribution in [3.63, 3.8) is 0 Å². The van der Waals surface area contributed by atoms with Gasteiger partial charge in [0.2, 0.25) is 0 Å². The molecule has 170 valence electrons. The molecule has 1 heterocycles. The highest BCUT2D eigenvalue weighted by atomic mass is 35.5. The molecule has 4 saturated carbocycles. The molecular weight excluding hydrogens is 429 g/mol. The lowest BCUT2D eigenvalue weighted by Crippen LogP contribution is -2.51. The van der Waals surface area contributed by atoms with E-state index >= 15 is 0 Å². The van der Waals surface area contributed by atoms with Gasteiger partial charge in [0, 0.05) is 23.2 Å². The summed E-state index contributed by atoms with van der Waals surface area (Å²) in [6.45, 7) is 1.84. The molecular formula is C25H35Cl2N3O. The molecule has 4 aliphatic rings. The molecule has 0 aliphatic heterocycles. The average Bonchev–Trinajstić information content (AvgIpc) is 2.71. The number of benzene rings is 1. The van der Waals surface area contributed by atoms with Crippen molar-refractivity contribution in [2.75, 3.05) is 20.1 Å². The molecule has 31 heavy (non-hydrogen) atoms. The normalized spacial score (nSPS) is 28.1. The fourth-order valence-corrected chi connectivity index (χ4v) is 6.85. The minimum absolute atomic E-state index is 0. The largest absolute Gasteiger partial charge is 0.351 e. The van der Waals surface area contributed by atoms with Crippen LogP contribution in [0.3, 0.4) is 0 Å². The number of rotatable bonds is 7. The van der Waals surface area contributed by atoms with Crippen molar-refractivity contribution in [2.24, 2.45) is 23.2 Å². The Morgan fingerprint density at radius 2 is 1.71 bits per heavy atom. The first-order chi connectivity index (χ1) is 14.1. The van der Waals surface area contributed by atoms with E-state index in [1.54, 1.807) is 0 Å². The molecule has 1 aromatic heterocycles. The van der Waals surface area contributed by atoms with Crippen molar-refractivity contribution in [3.05, 3.63) is 41.6 Å². The Morgan fingerprint density at radius 3 is 2.35 bits per heavy atom. The van der Waals surface area contributed by atoms with Crippen LogP contribution in [0.5, 0.6) is 0 Å². The van der Waals surface area contributed by atoms with Crippen LogP contribution in [-0.2, 0) is 6.42 Å². The number of nitrogens with zero attached hydrogens (tertiary/aromatic N) is 1. The van der Waals surface area contributed by atoms with Gasteiger partial charge in [0.1, 0.15) is 0 Å². The zero-order chi connectivity index (χ0) is 19.8.